The number of aryl methyl sites for hydroxylation is 1. The summed E-state index contributed by atoms with van der Waals surface area (Å²) in [6, 6.07) is 1.77. The molecule has 1 aliphatic heterocycles. The molecule has 3 aliphatic rings. The molecule has 3 aromatic heterocycles. The molecule has 1 amide bonds. The van der Waals surface area contributed by atoms with E-state index in [2.05, 4.69) is 15.1 Å². The summed E-state index contributed by atoms with van der Waals surface area (Å²) < 4.78 is 1.32. The lowest BCUT2D eigenvalue weighted by Gasteiger charge is -2.39. The molecule has 0 bridgehead atoms. The van der Waals surface area contributed by atoms with Gasteiger partial charge < -0.3 is 9.88 Å². The minimum absolute atomic E-state index is 0.0101. The van der Waals surface area contributed by atoms with Gasteiger partial charge in [-0.1, -0.05) is 0 Å². The highest BCUT2D eigenvalue weighted by atomic mass is 16.2. The number of carbonyl (C=O) groups excluding carboxylic acids is 1. The number of aromatic nitrogens is 5. The van der Waals surface area contributed by atoms with Gasteiger partial charge in [0.15, 0.2) is 5.65 Å². The Kier molecular flexibility index (Phi) is 3.82. The summed E-state index contributed by atoms with van der Waals surface area (Å²) in [6.45, 7) is 2.92. The van der Waals surface area contributed by atoms with Crippen LogP contribution in [0.3, 0.4) is 0 Å². The van der Waals surface area contributed by atoms with Gasteiger partial charge in [0.05, 0.1) is 5.69 Å². The molecule has 2 N–H and O–H groups in total. The maximum Gasteiger partial charge on any atom is 0.285 e. The first-order valence-corrected chi connectivity index (χ1v) is 11.0. The minimum Gasteiger partial charge on any atom is -0.338 e. The van der Waals surface area contributed by atoms with Gasteiger partial charge in [-0.2, -0.15) is 0 Å². The Labute approximate surface area is 177 Å². The molecular weight excluding hydrogens is 396 g/mol. The van der Waals surface area contributed by atoms with Crippen LogP contribution in [0.1, 0.15) is 71.2 Å². The van der Waals surface area contributed by atoms with Gasteiger partial charge in [0.25, 0.3) is 17.0 Å². The zero-order chi connectivity index (χ0) is 21.3. The molecule has 1 saturated heterocycles. The van der Waals surface area contributed by atoms with Crippen molar-refractivity contribution in [3.05, 3.63) is 61.3 Å². The van der Waals surface area contributed by atoms with Crippen LogP contribution in [-0.4, -0.2) is 48.5 Å². The third-order valence-corrected chi connectivity index (χ3v) is 7.21. The SMILES string of the molecule is Cc1cc2ncc(C(=O)N3CCC4(CCc5c4nc(C4CC4)[nH]c5=O)CC3)c(=O)n2[nH]1. The highest BCUT2D eigenvalue weighted by molar-refractivity contribution is 5.93. The number of rotatable bonds is 2. The van der Waals surface area contributed by atoms with Crippen molar-refractivity contribution in [1.29, 1.82) is 0 Å². The lowest BCUT2D eigenvalue weighted by molar-refractivity contribution is 0.0660. The molecule has 0 unspecified atom stereocenters. The molecule has 9 nitrogen and oxygen atoms in total. The third kappa shape index (κ3) is 2.79. The molecule has 0 radical (unpaired) electrons. The Hall–Kier alpha value is -3.23. The number of piperidine rings is 1. The molecule has 0 atom stereocenters. The number of hydrogen-bond acceptors (Lipinski definition) is 5. The first-order valence-electron chi connectivity index (χ1n) is 11.0. The summed E-state index contributed by atoms with van der Waals surface area (Å²) in [7, 11) is 0. The van der Waals surface area contributed by atoms with Gasteiger partial charge >= 0.3 is 0 Å². The fraction of sp³-hybridized carbons (Fsp3) is 0.500. The third-order valence-electron chi connectivity index (χ3n) is 7.21. The van der Waals surface area contributed by atoms with Gasteiger partial charge in [-0.05, 0) is 45.4 Å². The second-order valence-corrected chi connectivity index (χ2v) is 9.23. The summed E-state index contributed by atoms with van der Waals surface area (Å²) in [5, 5.41) is 2.93. The van der Waals surface area contributed by atoms with E-state index in [1.165, 1.54) is 10.7 Å². The van der Waals surface area contributed by atoms with Crippen molar-refractivity contribution in [2.24, 2.45) is 0 Å². The zero-order valence-electron chi connectivity index (χ0n) is 17.4. The number of carbonyl (C=O) groups is 1. The average molecular weight is 420 g/mol. The number of aromatic amines is 2. The minimum atomic E-state index is -0.378. The Balaban J connectivity index is 1.27. The van der Waals surface area contributed by atoms with Crippen LogP contribution in [0.2, 0.25) is 0 Å². The van der Waals surface area contributed by atoms with E-state index in [0.717, 1.165) is 61.3 Å². The second kappa shape index (κ2) is 6.38. The number of fused-ring (bicyclic) bond motifs is 3. The molecule has 1 saturated carbocycles. The van der Waals surface area contributed by atoms with Crippen molar-refractivity contribution in [2.75, 3.05) is 13.1 Å². The lowest BCUT2D eigenvalue weighted by Crippen LogP contribution is -2.46. The fourth-order valence-corrected chi connectivity index (χ4v) is 5.24. The summed E-state index contributed by atoms with van der Waals surface area (Å²) in [6.07, 6.45) is 6.70. The Bertz CT molecular complexity index is 1340. The number of hydrogen-bond donors (Lipinski definition) is 2. The van der Waals surface area contributed by atoms with Gasteiger partial charge in [0.2, 0.25) is 0 Å². The molecule has 4 heterocycles. The van der Waals surface area contributed by atoms with Crippen LogP contribution < -0.4 is 11.1 Å². The van der Waals surface area contributed by atoms with Crippen molar-refractivity contribution < 1.29 is 4.79 Å². The largest absolute Gasteiger partial charge is 0.338 e. The predicted molar refractivity (Wildman–Crippen MR) is 113 cm³/mol. The van der Waals surface area contributed by atoms with Crippen LogP contribution in [0, 0.1) is 6.92 Å². The van der Waals surface area contributed by atoms with E-state index in [0.29, 0.717) is 24.7 Å². The number of likely N-dealkylation sites (tertiary alicyclic amines) is 1. The summed E-state index contributed by atoms with van der Waals surface area (Å²) in [5.41, 5.74) is 2.65. The van der Waals surface area contributed by atoms with Crippen molar-refractivity contribution in [1.82, 2.24) is 29.5 Å². The standard InChI is InChI=1S/C22H24N6O3/c1-12-10-16-23-11-15(21(31)28(16)26-12)20(30)27-8-6-22(7-9-27)5-4-14-17(22)24-18(13-2-3-13)25-19(14)29/h10-11,13,26H,2-9H2,1H3,(H,24,25,29). The van der Waals surface area contributed by atoms with Crippen molar-refractivity contribution in [3.8, 4) is 0 Å². The van der Waals surface area contributed by atoms with Gasteiger partial charge in [0.1, 0.15) is 11.4 Å². The number of nitrogens with one attached hydrogen (secondary N) is 2. The highest BCUT2D eigenvalue weighted by Crippen LogP contribution is 2.46. The van der Waals surface area contributed by atoms with E-state index in [9.17, 15) is 14.4 Å². The summed E-state index contributed by atoms with van der Waals surface area (Å²) >= 11 is 0. The lowest BCUT2D eigenvalue weighted by atomic mass is 9.76. The van der Waals surface area contributed by atoms with Crippen molar-refractivity contribution in [2.45, 2.75) is 56.8 Å². The first kappa shape index (κ1) is 18.5. The van der Waals surface area contributed by atoms with E-state index in [1.54, 1.807) is 11.0 Å². The molecule has 1 spiro atoms. The van der Waals surface area contributed by atoms with E-state index in [1.807, 2.05) is 6.92 Å². The normalized spacial score (nSPS) is 19.8. The monoisotopic (exact) mass is 420 g/mol. The summed E-state index contributed by atoms with van der Waals surface area (Å²) in [4.78, 5) is 52.4. The van der Waals surface area contributed by atoms with Crippen LogP contribution >= 0.6 is 0 Å². The molecule has 9 heteroatoms. The van der Waals surface area contributed by atoms with Gasteiger partial charge in [-0.15, -0.1) is 0 Å². The van der Waals surface area contributed by atoms with Gasteiger partial charge in [0, 0.05) is 47.9 Å². The first-order chi connectivity index (χ1) is 14.9. The average Bonchev–Trinajstić information content (AvgIpc) is 3.46. The Morgan fingerprint density at radius 2 is 1.97 bits per heavy atom. The van der Waals surface area contributed by atoms with E-state index in [-0.39, 0.29) is 28.0 Å². The number of amides is 1. The molecule has 2 fully saturated rings. The molecule has 160 valence electrons. The van der Waals surface area contributed by atoms with Crippen molar-refractivity contribution >= 4 is 11.6 Å². The summed E-state index contributed by atoms with van der Waals surface area (Å²) in [5.74, 6) is 0.936. The number of H-pyrrole nitrogens is 2. The van der Waals surface area contributed by atoms with E-state index < -0.39 is 0 Å². The van der Waals surface area contributed by atoms with Gasteiger partial charge in [-0.3, -0.25) is 19.5 Å². The van der Waals surface area contributed by atoms with Crippen LogP contribution in [0.15, 0.2) is 21.9 Å². The fourth-order valence-electron chi connectivity index (χ4n) is 5.24. The molecule has 31 heavy (non-hydrogen) atoms. The Morgan fingerprint density at radius 3 is 2.71 bits per heavy atom. The quantitative estimate of drug-likeness (QED) is 0.650. The molecule has 0 aromatic carbocycles. The highest BCUT2D eigenvalue weighted by Gasteiger charge is 2.45. The van der Waals surface area contributed by atoms with Gasteiger partial charge in [-0.25, -0.2) is 14.5 Å². The van der Waals surface area contributed by atoms with Crippen LogP contribution in [-0.2, 0) is 11.8 Å². The molecule has 2 aliphatic carbocycles. The van der Waals surface area contributed by atoms with Crippen LogP contribution in [0.25, 0.3) is 5.65 Å². The molecule has 6 rings (SSSR count). The molecule has 3 aromatic rings. The second-order valence-electron chi connectivity index (χ2n) is 9.23. The zero-order valence-corrected chi connectivity index (χ0v) is 17.4. The Morgan fingerprint density at radius 1 is 1.19 bits per heavy atom. The maximum atomic E-state index is 13.1. The van der Waals surface area contributed by atoms with Crippen LogP contribution in [0.4, 0.5) is 0 Å². The molecular formula is C22H24N6O3. The maximum absolute atomic E-state index is 13.1. The topological polar surface area (TPSA) is 116 Å². The number of nitrogens with zero attached hydrogens (tertiary/aromatic N) is 4. The van der Waals surface area contributed by atoms with E-state index in [4.69, 9.17) is 4.98 Å². The predicted octanol–water partition coefficient (Wildman–Crippen LogP) is 1.41. The van der Waals surface area contributed by atoms with Crippen LogP contribution in [0.5, 0.6) is 0 Å². The van der Waals surface area contributed by atoms with Crippen molar-refractivity contribution in [3.63, 3.8) is 0 Å². The van der Waals surface area contributed by atoms with E-state index >= 15 is 0 Å². The smallest absolute Gasteiger partial charge is 0.285 e.